The number of aromatic nitrogens is 2. The predicted octanol–water partition coefficient (Wildman–Crippen LogP) is 4.14. The van der Waals surface area contributed by atoms with E-state index in [-0.39, 0.29) is 0 Å². The van der Waals surface area contributed by atoms with E-state index in [0.29, 0.717) is 5.88 Å². The van der Waals surface area contributed by atoms with Gasteiger partial charge in [-0.2, -0.15) is 0 Å². The molecule has 3 nitrogen and oxygen atoms in total. The van der Waals surface area contributed by atoms with Crippen LogP contribution in [0.4, 0.5) is 0 Å². The summed E-state index contributed by atoms with van der Waals surface area (Å²) in [5.74, 6) is 2.02. The molecule has 0 aliphatic carbocycles. The minimum atomic E-state index is 0.379. The lowest BCUT2D eigenvalue weighted by atomic mass is 10.1. The number of fused-ring (bicyclic) bond motifs is 1. The minimum absolute atomic E-state index is 0.379. The van der Waals surface area contributed by atoms with E-state index in [1.807, 2.05) is 12.1 Å². The summed E-state index contributed by atoms with van der Waals surface area (Å²) in [4.78, 5) is 4.63. The molecule has 0 unspecified atom stereocenters. The summed E-state index contributed by atoms with van der Waals surface area (Å²) in [5, 5.41) is 0. The minimum Gasteiger partial charge on any atom is -0.494 e. The van der Waals surface area contributed by atoms with Crippen molar-refractivity contribution in [3.05, 3.63) is 59.4 Å². The Labute approximate surface area is 129 Å². The second-order valence-corrected chi connectivity index (χ2v) is 5.27. The summed E-state index contributed by atoms with van der Waals surface area (Å²) in [6, 6.07) is 14.3. The van der Waals surface area contributed by atoms with Gasteiger partial charge >= 0.3 is 0 Å². The van der Waals surface area contributed by atoms with Gasteiger partial charge in [-0.25, -0.2) is 4.98 Å². The fourth-order valence-electron chi connectivity index (χ4n) is 2.57. The van der Waals surface area contributed by atoms with Crippen molar-refractivity contribution in [2.75, 3.05) is 7.11 Å². The van der Waals surface area contributed by atoms with Crippen molar-refractivity contribution in [1.82, 2.24) is 9.55 Å². The van der Waals surface area contributed by atoms with Gasteiger partial charge < -0.3 is 9.30 Å². The van der Waals surface area contributed by atoms with Gasteiger partial charge in [-0.3, -0.25) is 0 Å². The molecular formula is C17H17ClN2O. The number of alkyl halides is 1. The Balaban J connectivity index is 2.15. The zero-order chi connectivity index (χ0) is 14.8. The summed E-state index contributed by atoms with van der Waals surface area (Å²) in [5.41, 5.74) is 4.45. The molecule has 0 N–H and O–H groups in total. The molecule has 2 aromatic carbocycles. The van der Waals surface area contributed by atoms with Crippen LogP contribution in [0, 0.1) is 6.92 Å². The first-order valence-electron chi connectivity index (χ1n) is 6.87. The number of para-hydroxylation sites is 1. The molecule has 0 spiro atoms. The standard InChI is InChI=1S/C17H17ClN2O/c1-12-6-3-4-7-13(12)11-20-14-8-5-9-15(21-2)17(14)19-16(20)10-18/h3-9H,10-11H2,1-2H3. The molecule has 3 rings (SSSR count). The smallest absolute Gasteiger partial charge is 0.146 e. The first-order valence-corrected chi connectivity index (χ1v) is 7.40. The number of ether oxygens (including phenoxy) is 1. The number of hydrogen-bond acceptors (Lipinski definition) is 2. The molecule has 0 saturated carbocycles. The van der Waals surface area contributed by atoms with Crippen LogP contribution in [0.1, 0.15) is 17.0 Å². The Bertz CT molecular complexity index is 780. The maximum atomic E-state index is 6.08. The Morgan fingerprint density at radius 3 is 2.67 bits per heavy atom. The largest absolute Gasteiger partial charge is 0.494 e. The van der Waals surface area contributed by atoms with Crippen LogP contribution in [-0.2, 0) is 12.4 Å². The maximum Gasteiger partial charge on any atom is 0.146 e. The van der Waals surface area contributed by atoms with Crippen molar-refractivity contribution in [3.8, 4) is 5.75 Å². The van der Waals surface area contributed by atoms with E-state index in [2.05, 4.69) is 46.8 Å². The van der Waals surface area contributed by atoms with Crippen molar-refractivity contribution >= 4 is 22.6 Å². The number of hydrogen-bond donors (Lipinski definition) is 0. The molecule has 0 radical (unpaired) electrons. The highest BCUT2D eigenvalue weighted by molar-refractivity contribution is 6.16. The molecule has 0 aliphatic heterocycles. The molecule has 0 aliphatic rings. The SMILES string of the molecule is COc1cccc2c1nc(CCl)n2Cc1ccccc1C. The van der Waals surface area contributed by atoms with Crippen LogP contribution >= 0.6 is 11.6 Å². The van der Waals surface area contributed by atoms with E-state index in [4.69, 9.17) is 16.3 Å². The number of aryl methyl sites for hydroxylation is 1. The summed E-state index contributed by atoms with van der Waals surface area (Å²) >= 11 is 6.08. The lowest BCUT2D eigenvalue weighted by Gasteiger charge is -2.10. The molecule has 0 fully saturated rings. The highest BCUT2D eigenvalue weighted by atomic mass is 35.5. The molecule has 4 heteroatoms. The molecule has 108 valence electrons. The van der Waals surface area contributed by atoms with Gasteiger partial charge in [0.25, 0.3) is 0 Å². The zero-order valence-corrected chi connectivity index (χ0v) is 12.9. The average molecular weight is 301 g/mol. The van der Waals surface area contributed by atoms with Gasteiger partial charge in [0.05, 0.1) is 18.5 Å². The van der Waals surface area contributed by atoms with E-state index in [9.17, 15) is 0 Å². The summed E-state index contributed by atoms with van der Waals surface area (Å²) < 4.78 is 7.56. The third kappa shape index (κ3) is 2.49. The van der Waals surface area contributed by atoms with Crippen LogP contribution in [0.25, 0.3) is 11.0 Å². The van der Waals surface area contributed by atoms with Crippen molar-refractivity contribution in [3.63, 3.8) is 0 Å². The van der Waals surface area contributed by atoms with Gasteiger partial charge in [0.15, 0.2) is 0 Å². The third-order valence-electron chi connectivity index (χ3n) is 3.75. The van der Waals surface area contributed by atoms with Crippen molar-refractivity contribution in [2.45, 2.75) is 19.3 Å². The first kappa shape index (κ1) is 14.0. The van der Waals surface area contributed by atoms with Crippen LogP contribution in [0.3, 0.4) is 0 Å². The fourth-order valence-corrected chi connectivity index (χ4v) is 2.77. The van der Waals surface area contributed by atoms with Crippen LogP contribution in [0.2, 0.25) is 0 Å². The lowest BCUT2D eigenvalue weighted by molar-refractivity contribution is 0.419. The average Bonchev–Trinajstić information content (AvgIpc) is 2.87. The summed E-state index contributed by atoms with van der Waals surface area (Å²) in [6.07, 6.45) is 0. The molecule has 3 aromatic rings. The molecule has 0 amide bonds. The maximum absolute atomic E-state index is 6.08. The van der Waals surface area contributed by atoms with Gasteiger partial charge in [0, 0.05) is 6.54 Å². The lowest BCUT2D eigenvalue weighted by Crippen LogP contribution is -2.05. The predicted molar refractivity (Wildman–Crippen MR) is 86.1 cm³/mol. The number of rotatable bonds is 4. The highest BCUT2D eigenvalue weighted by Gasteiger charge is 2.14. The first-order chi connectivity index (χ1) is 10.2. The molecule has 1 heterocycles. The Morgan fingerprint density at radius 2 is 1.95 bits per heavy atom. The third-order valence-corrected chi connectivity index (χ3v) is 3.99. The van der Waals surface area contributed by atoms with Crippen LogP contribution in [0.15, 0.2) is 42.5 Å². The molecule has 0 bridgehead atoms. The monoisotopic (exact) mass is 300 g/mol. The molecule has 0 saturated heterocycles. The van der Waals surface area contributed by atoms with Crippen molar-refractivity contribution in [2.24, 2.45) is 0 Å². The number of imidazole rings is 1. The number of methoxy groups -OCH3 is 1. The molecular weight excluding hydrogens is 284 g/mol. The van der Waals surface area contributed by atoms with Crippen molar-refractivity contribution < 1.29 is 4.74 Å². The Morgan fingerprint density at radius 1 is 1.14 bits per heavy atom. The Kier molecular flexibility index (Phi) is 3.84. The quantitative estimate of drug-likeness (QED) is 0.677. The van der Waals surface area contributed by atoms with E-state index >= 15 is 0 Å². The fraction of sp³-hybridized carbons (Fsp3) is 0.235. The molecule has 0 atom stereocenters. The van der Waals surface area contributed by atoms with Gasteiger partial charge in [-0.15, -0.1) is 11.6 Å². The second-order valence-electron chi connectivity index (χ2n) is 5.00. The van der Waals surface area contributed by atoms with E-state index in [0.717, 1.165) is 29.2 Å². The normalized spacial score (nSPS) is 11.0. The van der Waals surface area contributed by atoms with Crippen LogP contribution in [0.5, 0.6) is 5.75 Å². The van der Waals surface area contributed by atoms with E-state index < -0.39 is 0 Å². The topological polar surface area (TPSA) is 27.1 Å². The van der Waals surface area contributed by atoms with Gasteiger partial charge in [0.2, 0.25) is 0 Å². The van der Waals surface area contributed by atoms with Crippen LogP contribution in [-0.4, -0.2) is 16.7 Å². The molecule has 1 aromatic heterocycles. The Hall–Kier alpha value is -2.00. The van der Waals surface area contributed by atoms with Gasteiger partial charge in [-0.05, 0) is 30.2 Å². The van der Waals surface area contributed by atoms with Crippen molar-refractivity contribution in [1.29, 1.82) is 0 Å². The number of nitrogens with zero attached hydrogens (tertiary/aromatic N) is 2. The van der Waals surface area contributed by atoms with Gasteiger partial charge in [0.1, 0.15) is 17.1 Å². The number of benzene rings is 2. The second kappa shape index (κ2) is 5.78. The zero-order valence-electron chi connectivity index (χ0n) is 12.1. The summed E-state index contributed by atoms with van der Waals surface area (Å²) in [6.45, 7) is 2.88. The van der Waals surface area contributed by atoms with Gasteiger partial charge in [-0.1, -0.05) is 30.3 Å². The van der Waals surface area contributed by atoms with E-state index in [1.54, 1.807) is 7.11 Å². The number of halogens is 1. The highest BCUT2D eigenvalue weighted by Crippen LogP contribution is 2.27. The summed E-state index contributed by atoms with van der Waals surface area (Å²) in [7, 11) is 1.66. The van der Waals surface area contributed by atoms with E-state index in [1.165, 1.54) is 11.1 Å². The van der Waals surface area contributed by atoms with Crippen LogP contribution < -0.4 is 4.74 Å². The molecule has 21 heavy (non-hydrogen) atoms.